The summed E-state index contributed by atoms with van der Waals surface area (Å²) in [4.78, 5) is 35.4. The lowest BCUT2D eigenvalue weighted by molar-refractivity contribution is -0.0485. The Hall–Kier alpha value is -2.73. The third kappa shape index (κ3) is 4.49. The fourth-order valence-electron chi connectivity index (χ4n) is 8.96. The third-order valence-corrected chi connectivity index (χ3v) is 10.4. The normalized spacial score (nSPS) is 30.9. The van der Waals surface area contributed by atoms with Crippen LogP contribution in [0.3, 0.4) is 0 Å². The molecular formula is C33H42N4O2. The van der Waals surface area contributed by atoms with Gasteiger partial charge in [0, 0.05) is 36.9 Å². The van der Waals surface area contributed by atoms with E-state index in [9.17, 15) is 9.59 Å². The van der Waals surface area contributed by atoms with Gasteiger partial charge in [-0.2, -0.15) is 0 Å². The molecule has 2 saturated heterocycles. The molecule has 0 radical (unpaired) electrons. The minimum Gasteiger partial charge on any atom is -0.315 e. The van der Waals surface area contributed by atoms with Crippen LogP contribution in [0, 0.1) is 11.8 Å². The minimum absolute atomic E-state index is 0.108. The minimum atomic E-state index is -0.125. The number of hydrogen-bond acceptors (Lipinski definition) is 4. The highest BCUT2D eigenvalue weighted by Gasteiger charge is 2.45. The van der Waals surface area contributed by atoms with E-state index in [0.717, 1.165) is 48.2 Å². The Morgan fingerprint density at radius 3 is 2.23 bits per heavy atom. The first-order valence-electron chi connectivity index (χ1n) is 15.6. The molecule has 4 aliphatic rings. The number of piperidine rings is 2. The zero-order chi connectivity index (χ0) is 26.5. The van der Waals surface area contributed by atoms with Crippen molar-refractivity contribution >= 4 is 11.0 Å². The molecule has 2 aliphatic carbocycles. The predicted molar refractivity (Wildman–Crippen MR) is 156 cm³/mol. The number of pyridine rings is 1. The number of fused-ring (bicyclic) bond motifs is 5. The summed E-state index contributed by atoms with van der Waals surface area (Å²) in [5.74, 6) is 1.86. The number of rotatable bonds is 5. The molecule has 3 aromatic rings. The first-order valence-corrected chi connectivity index (χ1v) is 15.6. The molecule has 39 heavy (non-hydrogen) atoms. The molecule has 0 amide bonds. The monoisotopic (exact) mass is 526 g/mol. The zero-order valence-corrected chi connectivity index (χ0v) is 23.3. The summed E-state index contributed by atoms with van der Waals surface area (Å²) in [7, 11) is 0. The van der Waals surface area contributed by atoms with Crippen molar-refractivity contribution in [3.8, 4) is 11.3 Å². The van der Waals surface area contributed by atoms with Gasteiger partial charge in [0.05, 0.1) is 16.6 Å². The summed E-state index contributed by atoms with van der Waals surface area (Å²) in [5.41, 5.74) is 2.19. The van der Waals surface area contributed by atoms with Crippen molar-refractivity contribution in [3.05, 3.63) is 63.3 Å². The molecule has 0 N–H and O–H groups in total. The first-order chi connectivity index (χ1) is 19.1. The summed E-state index contributed by atoms with van der Waals surface area (Å²) in [6, 6.07) is 13.6. The number of para-hydroxylation sites is 2. The van der Waals surface area contributed by atoms with Gasteiger partial charge in [0.15, 0.2) is 0 Å². The molecule has 2 aromatic heterocycles. The van der Waals surface area contributed by atoms with Gasteiger partial charge in [0.1, 0.15) is 5.69 Å². The van der Waals surface area contributed by atoms with E-state index in [4.69, 9.17) is 4.98 Å². The SMILES string of the molecule is CCCn1cccc(-c2nc3ccccc3n(C3CC4CCCC(C3)N4C3CC4CCCC(C4)C3)c2=O)c1=O. The molecule has 0 spiro atoms. The summed E-state index contributed by atoms with van der Waals surface area (Å²) < 4.78 is 3.74. The van der Waals surface area contributed by atoms with Crippen molar-refractivity contribution in [1.82, 2.24) is 19.0 Å². The van der Waals surface area contributed by atoms with Gasteiger partial charge in [-0.3, -0.25) is 14.5 Å². The van der Waals surface area contributed by atoms with Crippen LogP contribution in [0.25, 0.3) is 22.3 Å². The highest BCUT2D eigenvalue weighted by Crippen LogP contribution is 2.47. The van der Waals surface area contributed by atoms with Gasteiger partial charge in [0.25, 0.3) is 11.1 Å². The highest BCUT2D eigenvalue weighted by atomic mass is 16.1. The third-order valence-electron chi connectivity index (χ3n) is 10.4. The topological polar surface area (TPSA) is 60.1 Å². The second-order valence-corrected chi connectivity index (χ2v) is 12.9. The molecule has 7 rings (SSSR count). The largest absolute Gasteiger partial charge is 0.315 e. The highest BCUT2D eigenvalue weighted by molar-refractivity contribution is 5.77. The number of hydrogen-bond donors (Lipinski definition) is 0. The zero-order valence-electron chi connectivity index (χ0n) is 23.3. The van der Waals surface area contributed by atoms with Gasteiger partial charge in [-0.25, -0.2) is 4.98 Å². The molecule has 4 bridgehead atoms. The van der Waals surface area contributed by atoms with E-state index in [2.05, 4.69) is 11.8 Å². The average molecular weight is 527 g/mol. The van der Waals surface area contributed by atoms with Crippen molar-refractivity contribution in [1.29, 1.82) is 0 Å². The van der Waals surface area contributed by atoms with Gasteiger partial charge in [-0.15, -0.1) is 0 Å². The van der Waals surface area contributed by atoms with E-state index >= 15 is 0 Å². The van der Waals surface area contributed by atoms with Crippen LogP contribution >= 0.6 is 0 Å². The van der Waals surface area contributed by atoms with E-state index < -0.39 is 0 Å². The maximum atomic E-state index is 14.3. The van der Waals surface area contributed by atoms with Crippen molar-refractivity contribution < 1.29 is 0 Å². The van der Waals surface area contributed by atoms with Gasteiger partial charge in [0.2, 0.25) is 0 Å². The summed E-state index contributed by atoms with van der Waals surface area (Å²) in [5, 5.41) is 0. The molecule has 2 aliphatic heterocycles. The molecule has 6 heteroatoms. The predicted octanol–water partition coefficient (Wildman–Crippen LogP) is 6.16. The Morgan fingerprint density at radius 2 is 1.49 bits per heavy atom. The van der Waals surface area contributed by atoms with E-state index in [-0.39, 0.29) is 17.2 Å². The van der Waals surface area contributed by atoms with Crippen LogP contribution < -0.4 is 11.1 Å². The van der Waals surface area contributed by atoms with Crippen LogP contribution in [-0.4, -0.2) is 37.1 Å². The maximum Gasteiger partial charge on any atom is 0.278 e. The second kappa shape index (κ2) is 10.3. The maximum absolute atomic E-state index is 14.3. The standard InChI is InChI=1S/C33H42N4O2/c1-2-15-35-16-7-12-28(32(35)38)31-33(39)37(30-14-4-3-13-29(30)34-31)27-20-24-10-6-11-25(21-27)36(24)26-18-22-8-5-9-23(17-22)19-26/h3-4,7,12-14,16,22-27H,2,5-6,8-11,15,17-21H2,1H3. The van der Waals surface area contributed by atoms with Crippen LogP contribution in [0.15, 0.2) is 52.2 Å². The molecule has 4 fully saturated rings. The van der Waals surface area contributed by atoms with E-state index in [1.165, 1.54) is 57.8 Å². The molecular weight excluding hydrogens is 484 g/mol. The van der Waals surface area contributed by atoms with Crippen molar-refractivity contribution in [2.75, 3.05) is 0 Å². The van der Waals surface area contributed by atoms with Crippen molar-refractivity contribution in [2.45, 2.75) is 115 Å². The van der Waals surface area contributed by atoms with Crippen molar-refractivity contribution in [3.63, 3.8) is 0 Å². The Balaban J connectivity index is 1.27. The lowest BCUT2D eigenvalue weighted by Gasteiger charge is -2.55. The lowest BCUT2D eigenvalue weighted by atomic mass is 9.68. The van der Waals surface area contributed by atoms with Crippen LogP contribution in [0.4, 0.5) is 0 Å². The summed E-state index contributed by atoms with van der Waals surface area (Å²) >= 11 is 0. The van der Waals surface area contributed by atoms with E-state index in [0.29, 0.717) is 29.9 Å². The lowest BCUT2D eigenvalue weighted by Crippen LogP contribution is -2.58. The Bertz CT molecular complexity index is 1450. The molecule has 1 aromatic carbocycles. The molecule has 4 unspecified atom stereocenters. The van der Waals surface area contributed by atoms with E-state index in [1.54, 1.807) is 10.6 Å². The van der Waals surface area contributed by atoms with Crippen molar-refractivity contribution in [2.24, 2.45) is 11.8 Å². The number of aryl methyl sites for hydroxylation is 1. The number of nitrogens with zero attached hydrogens (tertiary/aromatic N) is 4. The van der Waals surface area contributed by atoms with E-state index in [1.807, 2.05) is 41.1 Å². The quantitative estimate of drug-likeness (QED) is 0.399. The van der Waals surface area contributed by atoms with Gasteiger partial charge < -0.3 is 9.13 Å². The van der Waals surface area contributed by atoms with Gasteiger partial charge in [-0.05, 0) is 87.5 Å². The smallest absolute Gasteiger partial charge is 0.278 e. The van der Waals surface area contributed by atoms with Crippen LogP contribution in [0.2, 0.25) is 0 Å². The second-order valence-electron chi connectivity index (χ2n) is 12.9. The number of benzene rings is 1. The van der Waals surface area contributed by atoms with Gasteiger partial charge >= 0.3 is 0 Å². The Kier molecular flexibility index (Phi) is 6.70. The molecule has 4 heterocycles. The fraction of sp³-hybridized carbons (Fsp3) is 0.606. The molecule has 4 atom stereocenters. The molecule has 2 saturated carbocycles. The van der Waals surface area contributed by atoms with Crippen LogP contribution in [0.5, 0.6) is 0 Å². The Labute approximate surface area is 231 Å². The number of aromatic nitrogens is 3. The Morgan fingerprint density at radius 1 is 0.769 bits per heavy atom. The first kappa shape index (κ1) is 25.3. The van der Waals surface area contributed by atoms with Gasteiger partial charge in [-0.1, -0.05) is 44.7 Å². The molecule has 6 nitrogen and oxygen atoms in total. The average Bonchev–Trinajstić information content (AvgIpc) is 2.93. The van der Waals surface area contributed by atoms with Crippen LogP contribution in [0.1, 0.15) is 90.0 Å². The van der Waals surface area contributed by atoms with Crippen LogP contribution in [-0.2, 0) is 6.54 Å². The fourth-order valence-corrected chi connectivity index (χ4v) is 8.96. The summed E-state index contributed by atoms with van der Waals surface area (Å²) in [6.45, 7) is 2.70. The summed E-state index contributed by atoms with van der Waals surface area (Å²) in [6.07, 6.45) is 17.0. The molecule has 206 valence electrons.